The number of aryl methyl sites for hydroxylation is 1. The fourth-order valence-corrected chi connectivity index (χ4v) is 3.66. The fraction of sp³-hybridized carbons (Fsp3) is 0.391. The van der Waals surface area contributed by atoms with Crippen LogP contribution in [0.2, 0.25) is 5.02 Å². The molecule has 1 amide bonds. The first kappa shape index (κ1) is 21.3. The molecular formula is C23H27ClN2O3. The van der Waals surface area contributed by atoms with Crippen LogP contribution >= 0.6 is 11.6 Å². The lowest BCUT2D eigenvalue weighted by Crippen LogP contribution is -2.37. The third-order valence-electron chi connectivity index (χ3n) is 5.28. The number of halogens is 1. The minimum absolute atomic E-state index is 0.0141. The van der Waals surface area contributed by atoms with Crippen molar-refractivity contribution in [2.24, 2.45) is 5.92 Å². The van der Waals surface area contributed by atoms with Gasteiger partial charge in [-0.05, 0) is 75.2 Å². The molecule has 6 heteroatoms. The van der Waals surface area contributed by atoms with Crippen molar-refractivity contribution in [3.05, 3.63) is 64.2 Å². The molecule has 0 aromatic heterocycles. The van der Waals surface area contributed by atoms with Crippen LogP contribution in [0.15, 0.2) is 42.5 Å². The highest BCUT2D eigenvalue weighted by Crippen LogP contribution is 2.23. The van der Waals surface area contributed by atoms with E-state index in [4.69, 9.17) is 16.3 Å². The number of nitrogens with zero attached hydrogens (tertiary/aromatic N) is 1. The topological polar surface area (TPSA) is 58.6 Å². The number of carbonyl (C=O) groups is 2. The van der Waals surface area contributed by atoms with E-state index in [1.807, 2.05) is 37.3 Å². The second kappa shape index (κ2) is 9.90. The number of rotatable bonds is 6. The van der Waals surface area contributed by atoms with Crippen molar-refractivity contribution in [3.8, 4) is 0 Å². The molecule has 0 unspecified atom stereocenters. The molecular weight excluding hydrogens is 388 g/mol. The Bertz CT molecular complexity index is 859. The van der Waals surface area contributed by atoms with Crippen LogP contribution < -0.4 is 5.32 Å². The predicted octanol–water partition coefficient (Wildman–Crippen LogP) is 4.68. The highest BCUT2D eigenvalue weighted by Gasteiger charge is 2.25. The van der Waals surface area contributed by atoms with Crippen molar-refractivity contribution in [1.82, 2.24) is 4.90 Å². The number of amides is 1. The number of hydrogen-bond donors (Lipinski definition) is 1. The Morgan fingerprint density at radius 3 is 2.48 bits per heavy atom. The third-order valence-corrected chi connectivity index (χ3v) is 5.54. The highest BCUT2D eigenvalue weighted by molar-refractivity contribution is 6.30. The van der Waals surface area contributed by atoms with Crippen molar-refractivity contribution < 1.29 is 14.3 Å². The Labute approximate surface area is 177 Å². The molecule has 1 saturated heterocycles. The van der Waals surface area contributed by atoms with Gasteiger partial charge in [0.05, 0.1) is 12.2 Å². The number of likely N-dealkylation sites (tertiary alicyclic amines) is 1. The average molecular weight is 415 g/mol. The molecule has 3 rings (SSSR count). The van der Waals surface area contributed by atoms with E-state index in [0.717, 1.165) is 43.1 Å². The molecule has 5 nitrogen and oxygen atoms in total. The van der Waals surface area contributed by atoms with Crippen LogP contribution in [-0.4, -0.2) is 36.5 Å². The lowest BCUT2D eigenvalue weighted by atomic mass is 9.95. The van der Waals surface area contributed by atoms with E-state index < -0.39 is 0 Å². The standard InChI is InChI=1S/C23H27ClN2O3/c1-3-29-23(28)19-7-4-16(2)21(14-19)25-22(27)18-10-12-26(13-11-18)15-17-5-8-20(24)9-6-17/h4-9,14,18H,3,10-13,15H2,1-2H3,(H,25,27). The van der Waals surface area contributed by atoms with Gasteiger partial charge in [-0.2, -0.15) is 0 Å². The van der Waals surface area contributed by atoms with Gasteiger partial charge in [-0.3, -0.25) is 9.69 Å². The number of anilines is 1. The van der Waals surface area contributed by atoms with Gasteiger partial charge in [0.15, 0.2) is 0 Å². The summed E-state index contributed by atoms with van der Waals surface area (Å²) >= 11 is 5.94. The van der Waals surface area contributed by atoms with E-state index in [1.54, 1.807) is 19.1 Å². The quantitative estimate of drug-likeness (QED) is 0.697. The lowest BCUT2D eigenvalue weighted by Gasteiger charge is -2.31. The van der Waals surface area contributed by atoms with Gasteiger partial charge in [0.2, 0.25) is 5.91 Å². The number of hydrogen-bond acceptors (Lipinski definition) is 4. The van der Waals surface area contributed by atoms with Crippen LogP contribution in [0.5, 0.6) is 0 Å². The number of carbonyl (C=O) groups excluding carboxylic acids is 2. The van der Waals surface area contributed by atoms with Crippen molar-refractivity contribution in [3.63, 3.8) is 0 Å². The van der Waals surface area contributed by atoms with Gasteiger partial charge < -0.3 is 10.1 Å². The predicted molar refractivity (Wildman–Crippen MR) is 115 cm³/mol. The molecule has 1 fully saturated rings. The fourth-order valence-electron chi connectivity index (χ4n) is 3.53. The van der Waals surface area contributed by atoms with Gasteiger partial charge in [0, 0.05) is 23.2 Å². The zero-order valence-electron chi connectivity index (χ0n) is 16.9. The summed E-state index contributed by atoms with van der Waals surface area (Å²) in [5, 5.41) is 3.75. The molecule has 1 heterocycles. The zero-order valence-corrected chi connectivity index (χ0v) is 17.7. The second-order valence-electron chi connectivity index (χ2n) is 7.42. The maximum absolute atomic E-state index is 12.8. The zero-order chi connectivity index (χ0) is 20.8. The normalized spacial score (nSPS) is 15.1. The largest absolute Gasteiger partial charge is 0.462 e. The summed E-state index contributed by atoms with van der Waals surface area (Å²) in [6, 6.07) is 13.1. The molecule has 0 radical (unpaired) electrons. The summed E-state index contributed by atoms with van der Waals surface area (Å²) in [4.78, 5) is 27.1. The van der Waals surface area contributed by atoms with Gasteiger partial charge in [-0.1, -0.05) is 29.8 Å². The summed E-state index contributed by atoms with van der Waals surface area (Å²) in [5.74, 6) is -0.388. The molecule has 29 heavy (non-hydrogen) atoms. The van der Waals surface area contributed by atoms with Gasteiger partial charge in [-0.25, -0.2) is 4.79 Å². The summed E-state index contributed by atoms with van der Waals surface area (Å²) in [5.41, 5.74) is 3.27. The average Bonchev–Trinajstić information content (AvgIpc) is 2.72. The molecule has 0 bridgehead atoms. The molecule has 1 aliphatic heterocycles. The van der Waals surface area contributed by atoms with Crippen molar-refractivity contribution in [2.45, 2.75) is 33.2 Å². The van der Waals surface area contributed by atoms with Gasteiger partial charge >= 0.3 is 5.97 Å². The van der Waals surface area contributed by atoms with E-state index in [2.05, 4.69) is 10.2 Å². The summed E-state index contributed by atoms with van der Waals surface area (Å²) < 4.78 is 5.05. The Hall–Kier alpha value is -2.37. The van der Waals surface area contributed by atoms with Crippen molar-refractivity contribution in [1.29, 1.82) is 0 Å². The van der Waals surface area contributed by atoms with Crippen LogP contribution in [-0.2, 0) is 16.1 Å². The van der Waals surface area contributed by atoms with Crippen molar-refractivity contribution in [2.75, 3.05) is 25.0 Å². The smallest absolute Gasteiger partial charge is 0.338 e. The first-order chi connectivity index (χ1) is 14.0. The Morgan fingerprint density at radius 2 is 1.83 bits per heavy atom. The number of nitrogens with one attached hydrogen (secondary N) is 1. The summed E-state index contributed by atoms with van der Waals surface area (Å²) in [6.07, 6.45) is 1.63. The van der Waals surface area contributed by atoms with Crippen molar-refractivity contribution >= 4 is 29.2 Å². The molecule has 0 saturated carbocycles. The highest BCUT2D eigenvalue weighted by atomic mass is 35.5. The number of esters is 1. The minimum Gasteiger partial charge on any atom is -0.462 e. The first-order valence-electron chi connectivity index (χ1n) is 10.0. The van der Waals surface area contributed by atoms with Gasteiger partial charge in [0.25, 0.3) is 0 Å². The third kappa shape index (κ3) is 5.81. The Kier molecular flexibility index (Phi) is 7.29. The van der Waals surface area contributed by atoms with Crippen LogP contribution in [0.1, 0.15) is 41.3 Å². The van der Waals surface area contributed by atoms with E-state index in [-0.39, 0.29) is 17.8 Å². The first-order valence-corrected chi connectivity index (χ1v) is 10.4. The minimum atomic E-state index is -0.376. The molecule has 0 atom stereocenters. The van der Waals surface area contributed by atoms with Crippen LogP contribution in [0.25, 0.3) is 0 Å². The summed E-state index contributed by atoms with van der Waals surface area (Å²) in [7, 11) is 0. The van der Waals surface area contributed by atoms with E-state index in [1.165, 1.54) is 5.56 Å². The lowest BCUT2D eigenvalue weighted by molar-refractivity contribution is -0.121. The second-order valence-corrected chi connectivity index (χ2v) is 7.85. The van der Waals surface area contributed by atoms with Gasteiger partial charge in [-0.15, -0.1) is 0 Å². The van der Waals surface area contributed by atoms with E-state index in [0.29, 0.717) is 17.9 Å². The molecule has 2 aromatic rings. The van der Waals surface area contributed by atoms with Gasteiger partial charge in [0.1, 0.15) is 0 Å². The van der Waals surface area contributed by atoms with E-state index in [9.17, 15) is 9.59 Å². The number of benzene rings is 2. The van der Waals surface area contributed by atoms with Crippen LogP contribution in [0.4, 0.5) is 5.69 Å². The monoisotopic (exact) mass is 414 g/mol. The molecule has 2 aromatic carbocycles. The molecule has 154 valence electrons. The van der Waals surface area contributed by atoms with E-state index >= 15 is 0 Å². The molecule has 1 aliphatic rings. The van der Waals surface area contributed by atoms with Crippen LogP contribution in [0.3, 0.4) is 0 Å². The Morgan fingerprint density at radius 1 is 1.14 bits per heavy atom. The molecule has 0 spiro atoms. The number of ether oxygens (including phenoxy) is 1. The van der Waals surface area contributed by atoms with Crippen LogP contribution in [0, 0.1) is 12.8 Å². The Balaban J connectivity index is 1.55. The SMILES string of the molecule is CCOC(=O)c1ccc(C)c(NC(=O)C2CCN(Cc3ccc(Cl)cc3)CC2)c1. The summed E-state index contributed by atoms with van der Waals surface area (Å²) in [6.45, 7) is 6.63. The number of piperidine rings is 1. The molecule has 1 N–H and O–H groups in total. The maximum Gasteiger partial charge on any atom is 0.338 e. The maximum atomic E-state index is 12.8. The molecule has 0 aliphatic carbocycles.